The number of ether oxygens (including phenoxy) is 1. The van der Waals surface area contributed by atoms with Crippen LogP contribution in [0.2, 0.25) is 0 Å². The number of benzene rings is 1. The van der Waals surface area contributed by atoms with E-state index in [0.717, 1.165) is 43.6 Å². The van der Waals surface area contributed by atoms with Gasteiger partial charge in [0.1, 0.15) is 5.52 Å². The molecule has 0 aliphatic carbocycles. The number of nitrogen functional groups attached to an aromatic ring is 1. The van der Waals surface area contributed by atoms with Gasteiger partial charge in [-0.05, 0) is 30.9 Å². The molecule has 102 valence electrons. The van der Waals surface area contributed by atoms with Crippen LogP contribution in [0.3, 0.4) is 0 Å². The van der Waals surface area contributed by atoms with Crippen LogP contribution in [0.25, 0.3) is 11.1 Å². The first-order valence-electron chi connectivity index (χ1n) is 6.67. The van der Waals surface area contributed by atoms with Crippen molar-refractivity contribution >= 4 is 22.8 Å². The van der Waals surface area contributed by atoms with Crippen LogP contribution in [0.15, 0.2) is 22.6 Å². The lowest BCUT2D eigenvalue weighted by Gasteiger charge is -2.30. The van der Waals surface area contributed by atoms with Crippen molar-refractivity contribution < 1.29 is 9.15 Å². The molecule has 1 aliphatic rings. The second-order valence-electron chi connectivity index (χ2n) is 5.08. The molecular formula is C14H19N3O2. The molecule has 5 heteroatoms. The third kappa shape index (κ3) is 2.38. The minimum atomic E-state index is 0.649. The molecule has 19 heavy (non-hydrogen) atoms. The summed E-state index contributed by atoms with van der Waals surface area (Å²) in [6.07, 6.45) is 2.23. The standard InChI is InChI=1S/C14H19N3O2/c1-18-9-10-5-7-17(8-6-10)14-16-13-11(15)3-2-4-12(13)19-14/h2-4,10H,5-9,15H2,1H3. The van der Waals surface area contributed by atoms with Crippen molar-refractivity contribution in [2.75, 3.05) is 37.4 Å². The first kappa shape index (κ1) is 12.3. The first-order valence-corrected chi connectivity index (χ1v) is 6.67. The van der Waals surface area contributed by atoms with E-state index in [1.54, 1.807) is 7.11 Å². The molecule has 0 bridgehead atoms. The smallest absolute Gasteiger partial charge is 0.298 e. The van der Waals surface area contributed by atoms with Gasteiger partial charge in [0.05, 0.1) is 5.69 Å². The minimum Gasteiger partial charge on any atom is -0.423 e. The van der Waals surface area contributed by atoms with Crippen molar-refractivity contribution in [2.45, 2.75) is 12.8 Å². The average Bonchev–Trinajstić information content (AvgIpc) is 2.85. The van der Waals surface area contributed by atoms with Crippen LogP contribution in [0.1, 0.15) is 12.8 Å². The maximum atomic E-state index is 5.90. The summed E-state index contributed by atoms with van der Waals surface area (Å²) in [6.45, 7) is 2.76. The van der Waals surface area contributed by atoms with Crippen molar-refractivity contribution in [3.63, 3.8) is 0 Å². The second kappa shape index (κ2) is 5.09. The molecule has 1 aliphatic heterocycles. The molecular weight excluding hydrogens is 242 g/mol. The van der Waals surface area contributed by atoms with Gasteiger partial charge in [-0.15, -0.1) is 0 Å². The first-order chi connectivity index (χ1) is 9.28. The molecule has 1 fully saturated rings. The Morgan fingerprint density at radius 2 is 2.21 bits per heavy atom. The Kier molecular flexibility index (Phi) is 3.29. The zero-order valence-corrected chi connectivity index (χ0v) is 11.1. The summed E-state index contributed by atoms with van der Waals surface area (Å²) in [7, 11) is 1.76. The third-order valence-corrected chi connectivity index (χ3v) is 3.73. The van der Waals surface area contributed by atoms with Crippen LogP contribution >= 0.6 is 0 Å². The Morgan fingerprint density at radius 3 is 2.89 bits per heavy atom. The van der Waals surface area contributed by atoms with Crippen molar-refractivity contribution in [1.29, 1.82) is 0 Å². The van der Waals surface area contributed by atoms with Crippen LogP contribution in [-0.2, 0) is 4.74 Å². The van der Waals surface area contributed by atoms with Crippen molar-refractivity contribution in [1.82, 2.24) is 4.98 Å². The van der Waals surface area contributed by atoms with E-state index in [0.29, 0.717) is 17.6 Å². The number of oxazole rings is 1. The topological polar surface area (TPSA) is 64.5 Å². The van der Waals surface area contributed by atoms with Gasteiger partial charge < -0.3 is 19.8 Å². The summed E-state index contributed by atoms with van der Waals surface area (Å²) < 4.78 is 11.0. The summed E-state index contributed by atoms with van der Waals surface area (Å²) in [6, 6.07) is 6.32. The second-order valence-corrected chi connectivity index (χ2v) is 5.08. The highest BCUT2D eigenvalue weighted by Crippen LogP contribution is 2.28. The summed E-state index contributed by atoms with van der Waals surface area (Å²) in [5, 5.41) is 0. The van der Waals surface area contributed by atoms with E-state index in [-0.39, 0.29) is 0 Å². The fourth-order valence-electron chi connectivity index (χ4n) is 2.62. The maximum absolute atomic E-state index is 5.90. The zero-order valence-electron chi connectivity index (χ0n) is 11.1. The Labute approximate surface area is 112 Å². The highest BCUT2D eigenvalue weighted by Gasteiger charge is 2.22. The van der Waals surface area contributed by atoms with Gasteiger partial charge >= 0.3 is 0 Å². The fourth-order valence-corrected chi connectivity index (χ4v) is 2.62. The van der Waals surface area contributed by atoms with E-state index in [4.69, 9.17) is 14.9 Å². The number of hydrogen-bond acceptors (Lipinski definition) is 5. The number of fused-ring (bicyclic) bond motifs is 1. The van der Waals surface area contributed by atoms with E-state index < -0.39 is 0 Å². The normalized spacial score (nSPS) is 17.2. The Balaban J connectivity index is 1.77. The van der Waals surface area contributed by atoms with Crippen LogP contribution in [0.5, 0.6) is 0 Å². The van der Waals surface area contributed by atoms with Crippen molar-refractivity contribution in [2.24, 2.45) is 5.92 Å². The summed E-state index contributed by atoms with van der Waals surface area (Å²) in [5.74, 6) is 0.649. The molecule has 1 aromatic carbocycles. The number of piperidine rings is 1. The number of methoxy groups -OCH3 is 1. The summed E-state index contributed by atoms with van der Waals surface area (Å²) in [5.41, 5.74) is 8.09. The lowest BCUT2D eigenvalue weighted by Crippen LogP contribution is -2.35. The highest BCUT2D eigenvalue weighted by molar-refractivity contribution is 5.86. The molecule has 0 spiro atoms. The lowest BCUT2D eigenvalue weighted by atomic mass is 9.98. The molecule has 0 atom stereocenters. The lowest BCUT2D eigenvalue weighted by molar-refractivity contribution is 0.138. The number of aromatic nitrogens is 1. The Hall–Kier alpha value is -1.75. The van der Waals surface area contributed by atoms with Gasteiger partial charge in [0, 0.05) is 26.8 Å². The van der Waals surface area contributed by atoms with E-state index in [1.807, 2.05) is 18.2 Å². The quantitative estimate of drug-likeness (QED) is 0.859. The molecule has 2 heterocycles. The van der Waals surface area contributed by atoms with E-state index in [1.165, 1.54) is 0 Å². The number of nitrogens with two attached hydrogens (primary N) is 1. The predicted octanol–water partition coefficient (Wildman–Crippen LogP) is 2.27. The molecule has 1 aromatic heterocycles. The van der Waals surface area contributed by atoms with Crippen LogP contribution < -0.4 is 10.6 Å². The van der Waals surface area contributed by atoms with Gasteiger partial charge in [0.25, 0.3) is 6.01 Å². The molecule has 0 amide bonds. The molecule has 2 N–H and O–H groups in total. The van der Waals surface area contributed by atoms with Crippen LogP contribution in [0, 0.1) is 5.92 Å². The number of rotatable bonds is 3. The molecule has 1 saturated heterocycles. The molecule has 2 aromatic rings. The SMILES string of the molecule is COCC1CCN(c2nc3c(N)cccc3o2)CC1. The van der Waals surface area contributed by atoms with Crippen molar-refractivity contribution in [3.8, 4) is 0 Å². The molecule has 0 saturated carbocycles. The minimum absolute atomic E-state index is 0.649. The van der Waals surface area contributed by atoms with Gasteiger partial charge in [0.15, 0.2) is 5.58 Å². The largest absolute Gasteiger partial charge is 0.423 e. The van der Waals surface area contributed by atoms with E-state index in [2.05, 4.69) is 9.88 Å². The fraction of sp³-hybridized carbons (Fsp3) is 0.500. The van der Waals surface area contributed by atoms with Gasteiger partial charge in [-0.1, -0.05) is 6.07 Å². The summed E-state index contributed by atoms with van der Waals surface area (Å²) >= 11 is 0. The number of hydrogen-bond donors (Lipinski definition) is 1. The average molecular weight is 261 g/mol. The van der Waals surface area contributed by atoms with Crippen molar-refractivity contribution in [3.05, 3.63) is 18.2 Å². The maximum Gasteiger partial charge on any atom is 0.298 e. The third-order valence-electron chi connectivity index (χ3n) is 3.73. The zero-order chi connectivity index (χ0) is 13.2. The van der Waals surface area contributed by atoms with Gasteiger partial charge in [-0.3, -0.25) is 0 Å². The van der Waals surface area contributed by atoms with Gasteiger partial charge in [0.2, 0.25) is 0 Å². The highest BCUT2D eigenvalue weighted by atomic mass is 16.5. The summed E-state index contributed by atoms with van der Waals surface area (Å²) in [4.78, 5) is 6.70. The van der Waals surface area contributed by atoms with E-state index in [9.17, 15) is 0 Å². The predicted molar refractivity (Wildman–Crippen MR) is 75.2 cm³/mol. The number of nitrogens with zero attached hydrogens (tertiary/aromatic N) is 2. The molecule has 5 nitrogen and oxygen atoms in total. The molecule has 0 unspecified atom stereocenters. The van der Waals surface area contributed by atoms with E-state index >= 15 is 0 Å². The number of anilines is 2. The number of para-hydroxylation sites is 1. The van der Waals surface area contributed by atoms with Gasteiger partial charge in [-0.25, -0.2) is 0 Å². The van der Waals surface area contributed by atoms with Crippen LogP contribution in [0.4, 0.5) is 11.7 Å². The Bertz CT molecular complexity index is 559. The Morgan fingerprint density at radius 1 is 1.42 bits per heavy atom. The molecule has 0 radical (unpaired) electrons. The van der Waals surface area contributed by atoms with Crippen LogP contribution in [-0.4, -0.2) is 31.8 Å². The van der Waals surface area contributed by atoms with Gasteiger partial charge in [-0.2, -0.15) is 4.98 Å². The monoisotopic (exact) mass is 261 g/mol. The molecule has 3 rings (SSSR count).